The van der Waals surface area contributed by atoms with Crippen LogP contribution in [0.1, 0.15) is 52.4 Å². The van der Waals surface area contributed by atoms with E-state index in [1.807, 2.05) is 0 Å². The van der Waals surface area contributed by atoms with Crippen molar-refractivity contribution in [3.05, 3.63) is 0 Å². The molecule has 0 aliphatic carbocycles. The molecule has 16 heavy (non-hydrogen) atoms. The Hall–Kier alpha value is 0.400. The van der Waals surface area contributed by atoms with Crippen LogP contribution in [0.2, 0.25) is 0 Å². The van der Waals surface area contributed by atoms with Gasteiger partial charge in [-0.3, -0.25) is 0 Å². The molecule has 0 fully saturated rings. The van der Waals surface area contributed by atoms with E-state index in [4.69, 9.17) is 5.26 Å². The summed E-state index contributed by atoms with van der Waals surface area (Å²) in [6.45, 7) is 3.56. The molecule has 0 rings (SSSR count). The summed E-state index contributed by atoms with van der Waals surface area (Å²) < 4.78 is 30.5. The fourth-order valence-corrected chi connectivity index (χ4v) is 1.62. The van der Waals surface area contributed by atoms with Crippen molar-refractivity contribution in [2.75, 3.05) is 5.75 Å². The van der Waals surface area contributed by atoms with E-state index in [0.717, 1.165) is 19.3 Å². The van der Waals surface area contributed by atoms with Gasteiger partial charge in [0.2, 0.25) is 0 Å². The first-order valence-electron chi connectivity index (χ1n) is 5.22. The van der Waals surface area contributed by atoms with Crippen molar-refractivity contribution in [3.63, 3.8) is 0 Å². The van der Waals surface area contributed by atoms with Crippen LogP contribution in [-0.2, 0) is 10.1 Å². The SMILES string of the molecule is CC#N.CCCCCCCCS(=O)(=O)[O-].[Na+]. The minimum Gasteiger partial charge on any atom is -0.748 e. The van der Waals surface area contributed by atoms with Gasteiger partial charge >= 0.3 is 29.6 Å². The second kappa shape index (κ2) is 15.4. The second-order valence-corrected chi connectivity index (χ2v) is 4.78. The predicted molar refractivity (Wildman–Crippen MR) is 59.2 cm³/mol. The minimum atomic E-state index is -3.97. The zero-order valence-electron chi connectivity index (χ0n) is 10.5. The third-order valence-corrected chi connectivity index (χ3v) is 2.54. The summed E-state index contributed by atoms with van der Waals surface area (Å²) in [7, 11) is -3.97. The van der Waals surface area contributed by atoms with Crippen LogP contribution in [-0.4, -0.2) is 18.7 Å². The molecule has 0 spiro atoms. The van der Waals surface area contributed by atoms with Crippen molar-refractivity contribution in [3.8, 4) is 6.07 Å². The number of hydrogen-bond donors (Lipinski definition) is 0. The zero-order valence-corrected chi connectivity index (χ0v) is 13.3. The molecule has 0 N–H and O–H groups in total. The molecule has 0 bridgehead atoms. The minimum absolute atomic E-state index is 0. The van der Waals surface area contributed by atoms with Gasteiger partial charge in [0.1, 0.15) is 0 Å². The van der Waals surface area contributed by atoms with E-state index in [1.165, 1.54) is 19.8 Å². The average molecular weight is 257 g/mol. The van der Waals surface area contributed by atoms with E-state index in [-0.39, 0.29) is 35.3 Å². The van der Waals surface area contributed by atoms with Crippen molar-refractivity contribution >= 4 is 10.1 Å². The number of hydrogen-bond acceptors (Lipinski definition) is 4. The molecule has 4 nitrogen and oxygen atoms in total. The summed E-state index contributed by atoms with van der Waals surface area (Å²) in [5, 5.41) is 7.32. The molecule has 0 aliphatic heterocycles. The summed E-state index contributed by atoms with van der Waals surface area (Å²) in [4.78, 5) is 0. The quantitative estimate of drug-likeness (QED) is 0.347. The van der Waals surface area contributed by atoms with Crippen LogP contribution in [0.3, 0.4) is 0 Å². The predicted octanol–water partition coefficient (Wildman–Crippen LogP) is -0.574. The molecule has 0 unspecified atom stereocenters. The topological polar surface area (TPSA) is 81.0 Å². The van der Waals surface area contributed by atoms with Crippen LogP contribution in [0.25, 0.3) is 0 Å². The zero-order chi connectivity index (χ0) is 12.2. The van der Waals surface area contributed by atoms with Gasteiger partial charge in [-0.1, -0.05) is 39.0 Å². The Labute approximate surface area is 121 Å². The molecule has 0 heterocycles. The summed E-state index contributed by atoms with van der Waals surface area (Å²) in [5.41, 5.74) is 0. The third-order valence-electron chi connectivity index (χ3n) is 1.75. The van der Waals surface area contributed by atoms with E-state index in [1.54, 1.807) is 6.07 Å². The Kier molecular flexibility index (Phi) is 20.8. The smallest absolute Gasteiger partial charge is 0.748 e. The van der Waals surface area contributed by atoms with E-state index in [9.17, 15) is 13.0 Å². The summed E-state index contributed by atoms with van der Waals surface area (Å²) in [5.74, 6) is -0.195. The van der Waals surface area contributed by atoms with Gasteiger partial charge in [0.05, 0.1) is 16.2 Å². The Morgan fingerprint density at radius 2 is 1.50 bits per heavy atom. The molecular weight excluding hydrogens is 237 g/mol. The van der Waals surface area contributed by atoms with Crippen molar-refractivity contribution in [2.45, 2.75) is 52.4 Å². The third kappa shape index (κ3) is 29.3. The fourth-order valence-electron chi connectivity index (χ4n) is 1.06. The summed E-state index contributed by atoms with van der Waals surface area (Å²) in [6.07, 6.45) is 5.96. The van der Waals surface area contributed by atoms with Gasteiger partial charge in [0.25, 0.3) is 0 Å². The maximum absolute atomic E-state index is 10.2. The molecule has 0 atom stereocenters. The van der Waals surface area contributed by atoms with Crippen LogP contribution >= 0.6 is 0 Å². The molecule has 0 amide bonds. The van der Waals surface area contributed by atoms with E-state index in [0.29, 0.717) is 6.42 Å². The Bertz CT molecular complexity index is 260. The first-order valence-corrected chi connectivity index (χ1v) is 6.80. The molecule has 0 aromatic carbocycles. The maximum atomic E-state index is 10.2. The van der Waals surface area contributed by atoms with Crippen molar-refractivity contribution < 1.29 is 42.5 Å². The number of rotatable bonds is 7. The van der Waals surface area contributed by atoms with E-state index >= 15 is 0 Å². The number of nitrogens with zero attached hydrogens (tertiary/aromatic N) is 1. The van der Waals surface area contributed by atoms with Gasteiger partial charge in [0.15, 0.2) is 0 Å². The molecular formula is C10H20NNaO3S. The molecule has 6 heteroatoms. The normalized spacial score (nSPS) is 9.38. The molecule has 90 valence electrons. The second-order valence-electron chi connectivity index (χ2n) is 3.25. The van der Waals surface area contributed by atoms with Gasteiger partial charge in [-0.2, -0.15) is 5.26 Å². The molecule has 0 saturated heterocycles. The summed E-state index contributed by atoms with van der Waals surface area (Å²) >= 11 is 0. The fraction of sp³-hybridized carbons (Fsp3) is 0.900. The first kappa shape index (κ1) is 21.7. The Morgan fingerprint density at radius 3 is 1.88 bits per heavy atom. The molecule has 0 saturated carbocycles. The number of nitriles is 1. The Morgan fingerprint density at radius 1 is 1.12 bits per heavy atom. The average Bonchev–Trinajstić information content (AvgIpc) is 2.11. The molecule has 0 aromatic heterocycles. The van der Waals surface area contributed by atoms with Gasteiger partial charge in [0, 0.05) is 12.7 Å². The largest absolute Gasteiger partial charge is 1.00 e. The first-order chi connectivity index (χ1) is 6.97. The van der Waals surface area contributed by atoms with Gasteiger partial charge in [-0.25, -0.2) is 8.42 Å². The van der Waals surface area contributed by atoms with Crippen LogP contribution in [0, 0.1) is 11.3 Å². The number of unbranched alkanes of at least 4 members (excludes halogenated alkanes) is 5. The van der Waals surface area contributed by atoms with Gasteiger partial charge < -0.3 is 4.55 Å². The maximum Gasteiger partial charge on any atom is 1.00 e. The van der Waals surface area contributed by atoms with Crippen molar-refractivity contribution in [1.29, 1.82) is 5.26 Å². The van der Waals surface area contributed by atoms with Crippen molar-refractivity contribution in [2.24, 2.45) is 0 Å². The van der Waals surface area contributed by atoms with Crippen LogP contribution in [0.5, 0.6) is 0 Å². The summed E-state index contributed by atoms with van der Waals surface area (Å²) in [6, 6.07) is 1.75. The molecule has 0 radical (unpaired) electrons. The monoisotopic (exact) mass is 257 g/mol. The molecule has 0 aromatic rings. The van der Waals surface area contributed by atoms with E-state index in [2.05, 4.69) is 6.92 Å². The van der Waals surface area contributed by atoms with Gasteiger partial charge in [-0.15, -0.1) is 0 Å². The van der Waals surface area contributed by atoms with Crippen LogP contribution in [0.15, 0.2) is 0 Å². The van der Waals surface area contributed by atoms with Crippen LogP contribution < -0.4 is 29.6 Å². The van der Waals surface area contributed by atoms with E-state index < -0.39 is 10.1 Å². The Balaban J connectivity index is -0.000000377. The standard InChI is InChI=1S/C8H18O3S.C2H3N.Na/c1-2-3-4-5-6-7-8-12(9,10)11;1-2-3;/h2-8H2,1H3,(H,9,10,11);1H3;/q;;+1/p-1. The van der Waals surface area contributed by atoms with Crippen LogP contribution in [0.4, 0.5) is 0 Å². The molecule has 0 aliphatic rings. The van der Waals surface area contributed by atoms with Crippen molar-refractivity contribution in [1.82, 2.24) is 0 Å². The van der Waals surface area contributed by atoms with Gasteiger partial charge in [-0.05, 0) is 6.42 Å².